The van der Waals surface area contributed by atoms with Crippen LogP contribution in [0.4, 0.5) is 0 Å². The van der Waals surface area contributed by atoms with E-state index in [1.807, 2.05) is 6.07 Å². The lowest BCUT2D eigenvalue weighted by atomic mass is 9.72. The van der Waals surface area contributed by atoms with Crippen molar-refractivity contribution >= 4 is 17.0 Å². The zero-order chi connectivity index (χ0) is 22.0. The summed E-state index contributed by atoms with van der Waals surface area (Å²) in [6, 6.07) is 6.20. The van der Waals surface area contributed by atoms with Crippen molar-refractivity contribution in [1.82, 2.24) is 14.9 Å². The number of carbonyl (C=O) groups is 1. The summed E-state index contributed by atoms with van der Waals surface area (Å²) < 4.78 is 6.18. The molecule has 1 saturated carbocycles. The van der Waals surface area contributed by atoms with Crippen LogP contribution < -0.4 is 4.74 Å². The van der Waals surface area contributed by atoms with Gasteiger partial charge in [-0.2, -0.15) is 0 Å². The summed E-state index contributed by atoms with van der Waals surface area (Å²) in [5.74, 6) is 0.528. The van der Waals surface area contributed by atoms with E-state index >= 15 is 0 Å². The summed E-state index contributed by atoms with van der Waals surface area (Å²) in [4.78, 5) is 22.7. The van der Waals surface area contributed by atoms with E-state index in [-0.39, 0.29) is 12.0 Å². The van der Waals surface area contributed by atoms with Gasteiger partial charge < -0.3 is 9.84 Å². The first kappa shape index (κ1) is 22.0. The second-order valence-corrected chi connectivity index (χ2v) is 10.4. The number of benzene rings is 1. The first-order chi connectivity index (χ1) is 14.8. The third-order valence-corrected chi connectivity index (χ3v) is 7.11. The van der Waals surface area contributed by atoms with Crippen LogP contribution in [0.5, 0.6) is 5.88 Å². The highest BCUT2D eigenvalue weighted by Crippen LogP contribution is 2.38. The Kier molecular flexibility index (Phi) is 6.47. The average Bonchev–Trinajstić information content (AvgIpc) is 2.74. The van der Waals surface area contributed by atoms with Gasteiger partial charge in [0.1, 0.15) is 6.10 Å². The summed E-state index contributed by atoms with van der Waals surface area (Å²) in [7, 11) is 0. The standard InChI is InChI=1S/C25H35N3O3/c1-25(2,3)19-5-7-20(8-6-19)31-23-15-26-22-14-17(4-9-21(22)27-23)16-28-12-10-18(11-13-28)24(29)30/h4,9,14-15,18-20H,5-8,10-13,16H2,1-3H3,(H,29,30). The van der Waals surface area contributed by atoms with Crippen molar-refractivity contribution < 1.29 is 14.6 Å². The molecular formula is C25H35N3O3. The number of piperidine rings is 1. The summed E-state index contributed by atoms with van der Waals surface area (Å²) in [5.41, 5.74) is 3.29. The molecule has 1 aromatic heterocycles. The van der Waals surface area contributed by atoms with Crippen molar-refractivity contribution in [1.29, 1.82) is 0 Å². The Morgan fingerprint density at radius 3 is 2.45 bits per heavy atom. The quantitative estimate of drug-likeness (QED) is 0.734. The number of nitrogens with zero attached hydrogens (tertiary/aromatic N) is 3. The molecule has 0 amide bonds. The number of aromatic nitrogens is 2. The summed E-state index contributed by atoms with van der Waals surface area (Å²) in [6.45, 7) is 9.47. The van der Waals surface area contributed by atoms with Crippen LogP contribution in [0.3, 0.4) is 0 Å². The first-order valence-corrected chi connectivity index (χ1v) is 11.7. The SMILES string of the molecule is CC(C)(C)C1CCC(Oc2cnc3cc(CN4CCC(C(=O)O)CC4)ccc3n2)CC1. The Morgan fingerprint density at radius 1 is 1.10 bits per heavy atom. The van der Waals surface area contributed by atoms with Gasteiger partial charge in [-0.15, -0.1) is 0 Å². The van der Waals surface area contributed by atoms with E-state index in [4.69, 9.17) is 14.8 Å². The lowest BCUT2D eigenvalue weighted by molar-refractivity contribution is -0.143. The van der Waals surface area contributed by atoms with Crippen LogP contribution in [0.25, 0.3) is 11.0 Å². The molecule has 1 saturated heterocycles. The van der Waals surface area contributed by atoms with Gasteiger partial charge in [0.15, 0.2) is 0 Å². The molecule has 1 aliphatic heterocycles. The summed E-state index contributed by atoms with van der Waals surface area (Å²) in [5, 5.41) is 9.16. The molecule has 2 aromatic rings. The number of carboxylic acids is 1. The maximum Gasteiger partial charge on any atom is 0.306 e. The number of ether oxygens (including phenoxy) is 1. The lowest BCUT2D eigenvalue weighted by Crippen LogP contribution is -2.35. The third-order valence-electron chi connectivity index (χ3n) is 7.11. The molecule has 6 heteroatoms. The van der Waals surface area contributed by atoms with E-state index in [0.717, 1.165) is 62.3 Å². The van der Waals surface area contributed by atoms with Crippen LogP contribution in [0.2, 0.25) is 0 Å². The van der Waals surface area contributed by atoms with Crippen LogP contribution in [-0.4, -0.2) is 45.1 Å². The minimum atomic E-state index is -0.666. The number of carboxylic acid groups (broad SMARTS) is 1. The summed E-state index contributed by atoms with van der Waals surface area (Å²) >= 11 is 0. The van der Waals surface area contributed by atoms with Gasteiger partial charge in [0.2, 0.25) is 5.88 Å². The van der Waals surface area contributed by atoms with Gasteiger partial charge in [-0.1, -0.05) is 26.8 Å². The van der Waals surface area contributed by atoms with Crippen LogP contribution in [0.1, 0.15) is 64.9 Å². The van der Waals surface area contributed by atoms with Gasteiger partial charge in [-0.25, -0.2) is 9.97 Å². The van der Waals surface area contributed by atoms with Gasteiger partial charge in [-0.05, 0) is 80.6 Å². The highest BCUT2D eigenvalue weighted by atomic mass is 16.5. The Hall–Kier alpha value is -2.21. The molecule has 4 rings (SSSR count). The molecule has 0 atom stereocenters. The Bertz CT molecular complexity index is 908. The highest BCUT2D eigenvalue weighted by Gasteiger charge is 2.30. The Morgan fingerprint density at radius 2 is 1.81 bits per heavy atom. The van der Waals surface area contributed by atoms with Crippen molar-refractivity contribution in [2.75, 3.05) is 13.1 Å². The molecule has 0 bridgehead atoms. The van der Waals surface area contributed by atoms with Crippen molar-refractivity contribution in [2.24, 2.45) is 17.3 Å². The average molecular weight is 426 g/mol. The number of likely N-dealkylation sites (tertiary alicyclic amines) is 1. The molecule has 1 aromatic carbocycles. The maximum absolute atomic E-state index is 11.1. The molecule has 1 aliphatic carbocycles. The number of hydrogen-bond acceptors (Lipinski definition) is 5. The van der Waals surface area contributed by atoms with Crippen LogP contribution in [0.15, 0.2) is 24.4 Å². The smallest absolute Gasteiger partial charge is 0.306 e. The predicted octanol–water partition coefficient (Wildman–Crippen LogP) is 4.91. The van der Waals surface area contributed by atoms with Crippen LogP contribution in [-0.2, 0) is 11.3 Å². The van der Waals surface area contributed by atoms with Crippen molar-refractivity contribution in [3.63, 3.8) is 0 Å². The molecule has 2 heterocycles. The molecule has 2 aliphatic rings. The molecule has 0 unspecified atom stereocenters. The van der Waals surface area contributed by atoms with Crippen LogP contribution in [0, 0.1) is 17.3 Å². The van der Waals surface area contributed by atoms with E-state index < -0.39 is 5.97 Å². The third kappa shape index (κ3) is 5.53. The van der Waals surface area contributed by atoms with Gasteiger partial charge in [0.05, 0.1) is 23.1 Å². The fourth-order valence-corrected chi connectivity index (χ4v) is 5.01. The largest absolute Gasteiger partial charge is 0.481 e. The normalized spacial score (nSPS) is 23.7. The minimum absolute atomic E-state index is 0.194. The fourth-order valence-electron chi connectivity index (χ4n) is 5.01. The number of fused-ring (bicyclic) bond motifs is 1. The zero-order valence-electron chi connectivity index (χ0n) is 19.0. The minimum Gasteiger partial charge on any atom is -0.481 e. The molecule has 6 nitrogen and oxygen atoms in total. The second kappa shape index (κ2) is 9.11. The van der Waals surface area contributed by atoms with E-state index in [0.29, 0.717) is 11.3 Å². The molecule has 2 fully saturated rings. The Labute approximate surface area is 185 Å². The van der Waals surface area contributed by atoms with Crippen molar-refractivity contribution in [2.45, 2.75) is 71.9 Å². The molecule has 31 heavy (non-hydrogen) atoms. The highest BCUT2D eigenvalue weighted by molar-refractivity contribution is 5.75. The van der Waals surface area contributed by atoms with Gasteiger partial charge in [0, 0.05) is 6.54 Å². The second-order valence-electron chi connectivity index (χ2n) is 10.4. The fraction of sp³-hybridized carbons (Fsp3) is 0.640. The van der Waals surface area contributed by atoms with Crippen molar-refractivity contribution in [3.05, 3.63) is 30.0 Å². The molecular weight excluding hydrogens is 390 g/mol. The van der Waals surface area contributed by atoms with Gasteiger partial charge in [-0.3, -0.25) is 9.69 Å². The van der Waals surface area contributed by atoms with E-state index in [1.165, 1.54) is 18.4 Å². The Balaban J connectivity index is 1.34. The lowest BCUT2D eigenvalue weighted by Gasteiger charge is -2.36. The number of hydrogen-bond donors (Lipinski definition) is 1. The number of rotatable bonds is 5. The topological polar surface area (TPSA) is 75.5 Å². The zero-order valence-corrected chi connectivity index (χ0v) is 19.0. The molecule has 0 radical (unpaired) electrons. The van der Waals surface area contributed by atoms with E-state index in [1.54, 1.807) is 6.20 Å². The maximum atomic E-state index is 11.1. The molecule has 168 valence electrons. The van der Waals surface area contributed by atoms with Crippen LogP contribution >= 0.6 is 0 Å². The molecule has 0 spiro atoms. The predicted molar refractivity (Wildman–Crippen MR) is 121 cm³/mol. The summed E-state index contributed by atoms with van der Waals surface area (Å²) in [6.07, 6.45) is 8.02. The van der Waals surface area contributed by atoms with E-state index in [9.17, 15) is 4.79 Å². The van der Waals surface area contributed by atoms with Gasteiger partial charge in [0.25, 0.3) is 0 Å². The monoisotopic (exact) mass is 425 g/mol. The van der Waals surface area contributed by atoms with E-state index in [2.05, 4.69) is 42.8 Å². The molecule has 1 N–H and O–H groups in total. The van der Waals surface area contributed by atoms with Gasteiger partial charge >= 0.3 is 5.97 Å². The number of aliphatic carboxylic acids is 1. The first-order valence-electron chi connectivity index (χ1n) is 11.7. The van der Waals surface area contributed by atoms with Crippen molar-refractivity contribution in [3.8, 4) is 5.88 Å².